The molecule has 0 radical (unpaired) electrons. The Bertz CT molecular complexity index is 290. The topological polar surface area (TPSA) is 24.5 Å². The fourth-order valence-electron chi connectivity index (χ4n) is 4.97. The number of hydrogen-bond donors (Lipinski definition) is 1. The van der Waals surface area contributed by atoms with Crippen LogP contribution in [0.1, 0.15) is 51.4 Å². The molecular formula is C17H32N2O. The molecule has 20 heavy (non-hydrogen) atoms. The second-order valence-electron chi connectivity index (χ2n) is 7.41. The molecule has 1 aliphatic carbocycles. The average Bonchev–Trinajstić information content (AvgIpc) is 3.10. The van der Waals surface area contributed by atoms with Crippen molar-refractivity contribution in [2.45, 2.75) is 57.4 Å². The largest absolute Gasteiger partial charge is 0.384 e. The summed E-state index contributed by atoms with van der Waals surface area (Å²) in [5.41, 5.74) is 0.418. The molecule has 116 valence electrons. The SMILES string of the molecule is COCC1(CN2CCCC2C2CCCC2)CCNCC1. The minimum atomic E-state index is 0.418. The minimum absolute atomic E-state index is 0.418. The highest BCUT2D eigenvalue weighted by Gasteiger charge is 2.39. The maximum absolute atomic E-state index is 5.60. The predicted octanol–water partition coefficient (Wildman–Crippen LogP) is 2.66. The van der Waals surface area contributed by atoms with Crippen molar-refractivity contribution in [2.24, 2.45) is 11.3 Å². The van der Waals surface area contributed by atoms with Crippen LogP contribution in [0.5, 0.6) is 0 Å². The average molecular weight is 280 g/mol. The summed E-state index contributed by atoms with van der Waals surface area (Å²) in [5.74, 6) is 0.999. The first kappa shape index (κ1) is 14.8. The van der Waals surface area contributed by atoms with E-state index in [1.807, 2.05) is 7.11 Å². The van der Waals surface area contributed by atoms with Crippen LogP contribution in [0.15, 0.2) is 0 Å². The summed E-state index contributed by atoms with van der Waals surface area (Å²) in [5, 5.41) is 3.52. The first-order valence-electron chi connectivity index (χ1n) is 8.77. The summed E-state index contributed by atoms with van der Waals surface area (Å²) < 4.78 is 5.60. The number of nitrogens with zero attached hydrogens (tertiary/aromatic N) is 1. The Morgan fingerprint density at radius 1 is 1.10 bits per heavy atom. The molecule has 3 fully saturated rings. The van der Waals surface area contributed by atoms with E-state index in [-0.39, 0.29) is 0 Å². The van der Waals surface area contributed by atoms with Crippen LogP contribution < -0.4 is 5.32 Å². The molecule has 3 nitrogen and oxygen atoms in total. The van der Waals surface area contributed by atoms with Crippen molar-refractivity contribution in [3.05, 3.63) is 0 Å². The quantitative estimate of drug-likeness (QED) is 0.838. The predicted molar refractivity (Wildman–Crippen MR) is 83.0 cm³/mol. The van der Waals surface area contributed by atoms with Crippen molar-refractivity contribution in [1.82, 2.24) is 10.2 Å². The lowest BCUT2D eigenvalue weighted by Crippen LogP contribution is -2.49. The van der Waals surface area contributed by atoms with Crippen LogP contribution >= 0.6 is 0 Å². The van der Waals surface area contributed by atoms with E-state index in [0.29, 0.717) is 5.41 Å². The van der Waals surface area contributed by atoms with Crippen molar-refractivity contribution in [1.29, 1.82) is 0 Å². The summed E-state index contributed by atoms with van der Waals surface area (Å²) in [4.78, 5) is 2.85. The Morgan fingerprint density at radius 2 is 1.85 bits per heavy atom. The molecule has 0 aromatic rings. The van der Waals surface area contributed by atoms with Crippen LogP contribution in [-0.2, 0) is 4.74 Å². The molecular weight excluding hydrogens is 248 g/mol. The third-order valence-electron chi connectivity index (χ3n) is 6.01. The Hall–Kier alpha value is -0.120. The second-order valence-corrected chi connectivity index (χ2v) is 7.41. The summed E-state index contributed by atoms with van der Waals surface area (Å²) in [7, 11) is 1.88. The molecule has 3 aliphatic rings. The molecule has 1 atom stereocenters. The van der Waals surface area contributed by atoms with Gasteiger partial charge in [-0.05, 0) is 64.1 Å². The first-order valence-corrected chi connectivity index (χ1v) is 8.77. The number of rotatable bonds is 5. The van der Waals surface area contributed by atoms with Crippen molar-refractivity contribution >= 4 is 0 Å². The molecule has 2 aliphatic heterocycles. The van der Waals surface area contributed by atoms with E-state index in [9.17, 15) is 0 Å². The number of nitrogens with one attached hydrogen (secondary N) is 1. The van der Waals surface area contributed by atoms with Crippen LogP contribution in [0.25, 0.3) is 0 Å². The lowest BCUT2D eigenvalue weighted by Gasteiger charge is -2.42. The zero-order chi connectivity index (χ0) is 13.8. The lowest BCUT2D eigenvalue weighted by atomic mass is 9.78. The van der Waals surface area contributed by atoms with Crippen molar-refractivity contribution in [3.8, 4) is 0 Å². The maximum atomic E-state index is 5.60. The Morgan fingerprint density at radius 3 is 2.55 bits per heavy atom. The highest BCUT2D eigenvalue weighted by Crippen LogP contribution is 2.38. The molecule has 0 bridgehead atoms. The summed E-state index contributed by atoms with van der Waals surface area (Å²) >= 11 is 0. The monoisotopic (exact) mass is 280 g/mol. The molecule has 3 rings (SSSR count). The van der Waals surface area contributed by atoms with Gasteiger partial charge in [-0.3, -0.25) is 4.90 Å². The van der Waals surface area contributed by atoms with E-state index in [1.165, 1.54) is 77.5 Å². The molecule has 2 saturated heterocycles. The van der Waals surface area contributed by atoms with Gasteiger partial charge in [0.1, 0.15) is 0 Å². The van der Waals surface area contributed by atoms with Gasteiger partial charge in [0.2, 0.25) is 0 Å². The summed E-state index contributed by atoms with van der Waals surface area (Å²) in [6.45, 7) is 5.91. The third-order valence-corrected chi connectivity index (χ3v) is 6.01. The molecule has 1 N–H and O–H groups in total. The van der Waals surface area contributed by atoms with E-state index in [0.717, 1.165) is 18.6 Å². The molecule has 0 aromatic carbocycles. The van der Waals surface area contributed by atoms with Crippen molar-refractivity contribution in [3.63, 3.8) is 0 Å². The molecule has 1 unspecified atom stereocenters. The number of ether oxygens (including phenoxy) is 1. The number of piperidine rings is 1. The second kappa shape index (κ2) is 6.76. The zero-order valence-electron chi connectivity index (χ0n) is 13.2. The number of methoxy groups -OCH3 is 1. The van der Waals surface area contributed by atoms with Gasteiger partial charge in [0.25, 0.3) is 0 Å². The van der Waals surface area contributed by atoms with Gasteiger partial charge >= 0.3 is 0 Å². The molecule has 0 amide bonds. The molecule has 1 saturated carbocycles. The van der Waals surface area contributed by atoms with Gasteiger partial charge in [-0.15, -0.1) is 0 Å². The Balaban J connectivity index is 1.64. The number of hydrogen-bond acceptors (Lipinski definition) is 3. The normalized spacial score (nSPS) is 31.9. The smallest absolute Gasteiger partial charge is 0.0531 e. The van der Waals surface area contributed by atoms with Gasteiger partial charge in [0, 0.05) is 25.1 Å². The highest BCUT2D eigenvalue weighted by molar-refractivity contribution is 4.93. The minimum Gasteiger partial charge on any atom is -0.384 e. The number of likely N-dealkylation sites (tertiary alicyclic amines) is 1. The Labute approximate surface area is 124 Å². The third kappa shape index (κ3) is 3.20. The molecule has 0 aromatic heterocycles. The van der Waals surface area contributed by atoms with Gasteiger partial charge < -0.3 is 10.1 Å². The van der Waals surface area contributed by atoms with Gasteiger partial charge in [0.05, 0.1) is 6.61 Å². The van der Waals surface area contributed by atoms with Gasteiger partial charge in [0.15, 0.2) is 0 Å². The van der Waals surface area contributed by atoms with E-state index < -0.39 is 0 Å². The molecule has 2 heterocycles. The summed E-state index contributed by atoms with van der Waals surface area (Å²) in [6.07, 6.45) is 11.4. The van der Waals surface area contributed by atoms with Gasteiger partial charge in [-0.2, -0.15) is 0 Å². The van der Waals surface area contributed by atoms with Gasteiger partial charge in [-0.1, -0.05) is 12.8 Å². The van der Waals surface area contributed by atoms with E-state index in [1.54, 1.807) is 0 Å². The van der Waals surface area contributed by atoms with Crippen molar-refractivity contribution in [2.75, 3.05) is 39.9 Å². The Kier molecular flexibility index (Phi) is 5.00. The molecule has 0 spiro atoms. The van der Waals surface area contributed by atoms with Gasteiger partial charge in [-0.25, -0.2) is 0 Å². The summed E-state index contributed by atoms with van der Waals surface area (Å²) in [6, 6.07) is 0.890. The van der Waals surface area contributed by atoms with E-state index in [4.69, 9.17) is 4.74 Å². The van der Waals surface area contributed by atoms with Crippen LogP contribution in [0.2, 0.25) is 0 Å². The zero-order valence-corrected chi connectivity index (χ0v) is 13.2. The van der Waals surface area contributed by atoms with E-state index in [2.05, 4.69) is 10.2 Å². The standard InChI is InChI=1S/C17H32N2O/c1-20-14-17(8-10-18-11-9-17)13-19-12-4-7-16(19)15-5-2-3-6-15/h15-16,18H,2-14H2,1H3. The maximum Gasteiger partial charge on any atom is 0.0531 e. The first-order chi connectivity index (χ1) is 9.83. The van der Waals surface area contributed by atoms with Crippen LogP contribution in [0.3, 0.4) is 0 Å². The van der Waals surface area contributed by atoms with E-state index >= 15 is 0 Å². The molecule has 3 heteroatoms. The van der Waals surface area contributed by atoms with Crippen LogP contribution in [-0.4, -0.2) is 50.8 Å². The fourth-order valence-corrected chi connectivity index (χ4v) is 4.97. The van der Waals surface area contributed by atoms with Crippen LogP contribution in [0, 0.1) is 11.3 Å². The lowest BCUT2D eigenvalue weighted by molar-refractivity contribution is 0.0128. The fraction of sp³-hybridized carbons (Fsp3) is 1.00. The highest BCUT2D eigenvalue weighted by atomic mass is 16.5. The van der Waals surface area contributed by atoms with Crippen molar-refractivity contribution < 1.29 is 4.74 Å². The van der Waals surface area contributed by atoms with Crippen LogP contribution in [0.4, 0.5) is 0 Å².